The molecule has 170 valence electrons. The van der Waals surface area contributed by atoms with Crippen molar-refractivity contribution in [3.05, 3.63) is 23.8 Å². The largest absolute Gasteiger partial charge is 1.00 e. The third-order valence-electron chi connectivity index (χ3n) is 6.49. The molecule has 0 amide bonds. The van der Waals surface area contributed by atoms with Crippen molar-refractivity contribution in [3.8, 4) is 0 Å². The molecule has 1 unspecified atom stereocenters. The van der Waals surface area contributed by atoms with Gasteiger partial charge in [0.1, 0.15) is 6.10 Å². The fourth-order valence-electron chi connectivity index (χ4n) is 4.50. The summed E-state index contributed by atoms with van der Waals surface area (Å²) in [6, 6.07) is 0. The summed E-state index contributed by atoms with van der Waals surface area (Å²) in [5.41, 5.74) is 1.14. The van der Waals surface area contributed by atoms with Crippen LogP contribution in [0.1, 0.15) is 59.3 Å². The number of rotatable bonds is 10. The van der Waals surface area contributed by atoms with E-state index in [0.29, 0.717) is 12.8 Å². The SMILES string of the molecule is CC(O)[C@H](C)C(=O)O[C@H]1CCC=C2C=C[C@H](C)[C@H](CC[C@@H](O)C[C@@H](O)CC(=O)[O-])[C@H]21.[Na+]. The van der Waals surface area contributed by atoms with Gasteiger partial charge in [0.2, 0.25) is 0 Å². The monoisotopic (exact) mass is 446 g/mol. The van der Waals surface area contributed by atoms with Crippen LogP contribution < -0.4 is 34.7 Å². The molecule has 0 saturated carbocycles. The zero-order valence-corrected chi connectivity index (χ0v) is 21.1. The molecule has 2 aliphatic rings. The molecule has 3 N–H and O–H groups in total. The van der Waals surface area contributed by atoms with E-state index in [9.17, 15) is 30.0 Å². The van der Waals surface area contributed by atoms with Gasteiger partial charge in [-0.3, -0.25) is 4.79 Å². The van der Waals surface area contributed by atoms with Gasteiger partial charge in [0.05, 0.1) is 24.2 Å². The van der Waals surface area contributed by atoms with E-state index < -0.39 is 42.6 Å². The fourth-order valence-corrected chi connectivity index (χ4v) is 4.50. The summed E-state index contributed by atoms with van der Waals surface area (Å²) in [7, 11) is 0. The van der Waals surface area contributed by atoms with Gasteiger partial charge in [0, 0.05) is 18.3 Å². The first-order chi connectivity index (χ1) is 14.1. The van der Waals surface area contributed by atoms with Crippen LogP contribution in [0.5, 0.6) is 0 Å². The molecular weight excluding hydrogens is 411 g/mol. The Labute approximate surface area is 206 Å². The number of aliphatic hydroxyl groups is 3. The van der Waals surface area contributed by atoms with Crippen molar-refractivity contribution < 1.29 is 64.3 Å². The summed E-state index contributed by atoms with van der Waals surface area (Å²) >= 11 is 0. The van der Waals surface area contributed by atoms with Crippen LogP contribution in [0.4, 0.5) is 0 Å². The van der Waals surface area contributed by atoms with Crippen molar-refractivity contribution in [2.45, 2.75) is 83.7 Å². The zero-order valence-electron chi connectivity index (χ0n) is 19.1. The van der Waals surface area contributed by atoms with Crippen molar-refractivity contribution in [1.82, 2.24) is 0 Å². The van der Waals surface area contributed by atoms with Crippen LogP contribution in [-0.4, -0.2) is 51.7 Å². The summed E-state index contributed by atoms with van der Waals surface area (Å²) in [4.78, 5) is 23.0. The second-order valence-electron chi connectivity index (χ2n) is 8.89. The van der Waals surface area contributed by atoms with Crippen molar-refractivity contribution in [1.29, 1.82) is 0 Å². The second-order valence-corrected chi connectivity index (χ2v) is 8.89. The number of carboxylic acid groups (broad SMARTS) is 1. The van der Waals surface area contributed by atoms with Gasteiger partial charge in [-0.05, 0) is 63.4 Å². The summed E-state index contributed by atoms with van der Waals surface area (Å²) in [6.45, 7) is 5.32. The second kappa shape index (κ2) is 13.1. The Morgan fingerprint density at radius 2 is 1.90 bits per heavy atom. The van der Waals surface area contributed by atoms with Crippen LogP contribution in [0, 0.1) is 23.7 Å². The van der Waals surface area contributed by atoms with Crippen molar-refractivity contribution >= 4 is 11.9 Å². The maximum Gasteiger partial charge on any atom is 1.00 e. The van der Waals surface area contributed by atoms with Crippen LogP contribution in [-0.2, 0) is 14.3 Å². The maximum absolute atomic E-state index is 12.5. The van der Waals surface area contributed by atoms with Crippen molar-refractivity contribution in [3.63, 3.8) is 0 Å². The van der Waals surface area contributed by atoms with E-state index >= 15 is 0 Å². The number of hydrogen-bond acceptors (Lipinski definition) is 7. The maximum atomic E-state index is 12.5. The molecule has 7 nitrogen and oxygen atoms in total. The standard InChI is InChI=1S/C23H36O7.Na/c1-13-7-8-16-5-4-6-20(30-23(29)14(2)15(3)24)22(16)19(13)10-9-17(25)11-18(26)12-21(27)28;/h5,7-8,13-15,17-20,22,24-26H,4,6,9-12H2,1-3H3,(H,27,28);/q;+1/p-1/t13-,14-,15?,17+,18+,19-,20-,22-;/m0./s1. The summed E-state index contributed by atoms with van der Waals surface area (Å²) < 4.78 is 5.83. The quantitative estimate of drug-likeness (QED) is 0.265. The Bertz CT molecular complexity index is 660. The van der Waals surface area contributed by atoms with E-state index in [2.05, 4.69) is 25.2 Å². The van der Waals surface area contributed by atoms with E-state index in [1.54, 1.807) is 13.8 Å². The van der Waals surface area contributed by atoms with Gasteiger partial charge in [0.25, 0.3) is 0 Å². The first-order valence-corrected chi connectivity index (χ1v) is 10.9. The first kappa shape index (κ1) is 28.3. The summed E-state index contributed by atoms with van der Waals surface area (Å²) in [6.07, 6.45) is 5.49. The van der Waals surface area contributed by atoms with Gasteiger partial charge < -0.3 is 30.0 Å². The number of aliphatic carboxylic acids is 1. The number of ether oxygens (including phenoxy) is 1. The Hall–Kier alpha value is -0.700. The van der Waals surface area contributed by atoms with Gasteiger partial charge in [-0.1, -0.05) is 25.2 Å². The molecular formula is C23H35NaO7. The minimum atomic E-state index is -1.34. The Balaban J connectivity index is 0.00000480. The molecule has 0 heterocycles. The summed E-state index contributed by atoms with van der Waals surface area (Å²) in [5.74, 6) is -1.95. The number of fused-ring (bicyclic) bond motifs is 1. The van der Waals surface area contributed by atoms with Crippen molar-refractivity contribution in [2.24, 2.45) is 23.7 Å². The number of carbonyl (C=O) groups is 2. The predicted octanol–water partition coefficient (Wildman–Crippen LogP) is -1.89. The number of hydrogen-bond donors (Lipinski definition) is 3. The molecule has 0 aromatic rings. The molecule has 31 heavy (non-hydrogen) atoms. The zero-order chi connectivity index (χ0) is 22.4. The van der Waals surface area contributed by atoms with Crippen LogP contribution in [0.25, 0.3) is 0 Å². The molecule has 0 bridgehead atoms. The van der Waals surface area contributed by atoms with Crippen LogP contribution in [0.15, 0.2) is 23.8 Å². The molecule has 0 aliphatic heterocycles. The van der Waals surface area contributed by atoms with Crippen LogP contribution in [0.2, 0.25) is 0 Å². The van der Waals surface area contributed by atoms with E-state index in [1.165, 1.54) is 0 Å². The minimum Gasteiger partial charge on any atom is -0.550 e. The first-order valence-electron chi connectivity index (χ1n) is 10.9. The number of carbonyl (C=O) groups excluding carboxylic acids is 2. The van der Waals surface area contributed by atoms with Gasteiger partial charge in [0.15, 0.2) is 0 Å². The molecule has 0 spiro atoms. The fraction of sp³-hybridized carbons (Fsp3) is 0.739. The Morgan fingerprint density at radius 1 is 1.23 bits per heavy atom. The van der Waals surface area contributed by atoms with Crippen LogP contribution in [0.3, 0.4) is 0 Å². The molecule has 8 heteroatoms. The van der Waals surface area contributed by atoms with E-state index in [4.69, 9.17) is 4.74 Å². The molecule has 8 atom stereocenters. The molecule has 0 fully saturated rings. The third kappa shape index (κ3) is 8.30. The Kier molecular flexibility index (Phi) is 12.0. The number of allylic oxidation sites excluding steroid dienone is 3. The molecule has 0 aromatic carbocycles. The van der Waals surface area contributed by atoms with Gasteiger partial charge in [-0.15, -0.1) is 0 Å². The van der Waals surface area contributed by atoms with Gasteiger partial charge >= 0.3 is 35.5 Å². The number of carboxylic acids is 1. The summed E-state index contributed by atoms with van der Waals surface area (Å²) in [5, 5.41) is 40.3. The number of aliphatic hydroxyl groups excluding tert-OH is 3. The molecule has 0 radical (unpaired) electrons. The smallest absolute Gasteiger partial charge is 0.550 e. The molecule has 2 rings (SSSR count). The van der Waals surface area contributed by atoms with Gasteiger partial charge in [-0.2, -0.15) is 0 Å². The molecule has 0 aromatic heterocycles. The average molecular weight is 447 g/mol. The normalized spacial score (nSPS) is 28.9. The van der Waals surface area contributed by atoms with E-state index in [-0.39, 0.29) is 59.8 Å². The molecule has 2 aliphatic carbocycles. The topological polar surface area (TPSA) is 127 Å². The van der Waals surface area contributed by atoms with Crippen LogP contribution >= 0.6 is 0 Å². The van der Waals surface area contributed by atoms with E-state index in [0.717, 1.165) is 18.4 Å². The Morgan fingerprint density at radius 3 is 2.52 bits per heavy atom. The minimum absolute atomic E-state index is 0. The van der Waals surface area contributed by atoms with Crippen molar-refractivity contribution in [2.75, 3.05) is 0 Å². The predicted molar refractivity (Wildman–Crippen MR) is 109 cm³/mol. The number of esters is 1. The van der Waals surface area contributed by atoms with Gasteiger partial charge in [-0.25, -0.2) is 0 Å². The molecule has 0 saturated heterocycles. The van der Waals surface area contributed by atoms with E-state index in [1.807, 2.05) is 0 Å². The average Bonchev–Trinajstić information content (AvgIpc) is 2.65. The third-order valence-corrected chi connectivity index (χ3v) is 6.49.